The van der Waals surface area contributed by atoms with Gasteiger partial charge in [0.15, 0.2) is 5.78 Å². The summed E-state index contributed by atoms with van der Waals surface area (Å²) in [6.07, 6.45) is 2.50. The second kappa shape index (κ2) is 5.67. The molecule has 4 rings (SSSR count). The van der Waals surface area contributed by atoms with Gasteiger partial charge in [-0.2, -0.15) is 0 Å². The first-order valence-corrected chi connectivity index (χ1v) is 8.55. The van der Waals surface area contributed by atoms with Crippen LogP contribution in [0, 0.1) is 11.8 Å². The van der Waals surface area contributed by atoms with Crippen molar-refractivity contribution in [2.24, 2.45) is 11.8 Å². The molecule has 0 heterocycles. The van der Waals surface area contributed by atoms with Gasteiger partial charge in [-0.3, -0.25) is 4.79 Å². The Labute approximate surface area is 145 Å². The van der Waals surface area contributed by atoms with E-state index < -0.39 is 0 Å². The van der Waals surface area contributed by atoms with Crippen molar-refractivity contribution in [1.82, 2.24) is 0 Å². The summed E-state index contributed by atoms with van der Waals surface area (Å²) >= 11 is 5.95. The van der Waals surface area contributed by atoms with E-state index in [9.17, 15) is 9.90 Å². The Hall–Kier alpha value is -2.26. The van der Waals surface area contributed by atoms with Gasteiger partial charge in [-0.25, -0.2) is 0 Å². The number of benzene rings is 2. The number of aliphatic hydroxyl groups excluding tert-OH is 1. The van der Waals surface area contributed by atoms with Gasteiger partial charge in [0, 0.05) is 28.1 Å². The molecular weight excluding hydrogens is 322 g/mol. The second-order valence-corrected chi connectivity index (χ2v) is 7.08. The number of carbonyl (C=O) groups excluding carboxylic acids is 1. The summed E-state index contributed by atoms with van der Waals surface area (Å²) in [6, 6.07) is 13.1. The SMILES string of the molecule is Nc1ccc(-c2ccc(Cl)cc2)cc1C1=C(O)[C@H]2CC[C@H](C2)C1=O. The van der Waals surface area contributed by atoms with Crippen LogP contribution in [0.1, 0.15) is 24.8 Å². The summed E-state index contributed by atoms with van der Waals surface area (Å²) in [7, 11) is 0. The third kappa shape index (κ3) is 2.40. The lowest BCUT2D eigenvalue weighted by Crippen LogP contribution is -2.21. The van der Waals surface area contributed by atoms with Crippen molar-refractivity contribution in [3.05, 3.63) is 58.8 Å². The van der Waals surface area contributed by atoms with Crippen LogP contribution in [0.25, 0.3) is 16.7 Å². The first kappa shape index (κ1) is 15.3. The van der Waals surface area contributed by atoms with Crippen molar-refractivity contribution in [2.45, 2.75) is 19.3 Å². The second-order valence-electron chi connectivity index (χ2n) is 6.64. The molecule has 1 saturated carbocycles. The van der Waals surface area contributed by atoms with E-state index in [0.29, 0.717) is 21.8 Å². The van der Waals surface area contributed by atoms with E-state index in [1.54, 1.807) is 6.07 Å². The molecular formula is C20H18ClNO2. The number of nitrogen functional groups attached to an aromatic ring is 1. The van der Waals surface area contributed by atoms with Crippen LogP contribution in [0.5, 0.6) is 0 Å². The molecule has 2 aliphatic carbocycles. The van der Waals surface area contributed by atoms with Gasteiger partial charge in [-0.1, -0.05) is 29.8 Å². The van der Waals surface area contributed by atoms with E-state index in [4.69, 9.17) is 17.3 Å². The molecule has 2 bridgehead atoms. The number of fused-ring (bicyclic) bond motifs is 2. The predicted octanol–water partition coefficient (Wildman–Crippen LogP) is 4.86. The number of allylic oxidation sites excluding steroid dienone is 2. The average molecular weight is 340 g/mol. The number of rotatable bonds is 2. The van der Waals surface area contributed by atoms with Crippen molar-refractivity contribution in [1.29, 1.82) is 0 Å². The number of nitrogens with two attached hydrogens (primary N) is 1. The Morgan fingerprint density at radius 1 is 1.00 bits per heavy atom. The minimum atomic E-state index is 0.0273. The quantitative estimate of drug-likeness (QED) is 0.768. The van der Waals surface area contributed by atoms with E-state index in [1.165, 1.54) is 0 Å². The van der Waals surface area contributed by atoms with Crippen LogP contribution >= 0.6 is 11.6 Å². The van der Waals surface area contributed by atoms with Gasteiger partial charge in [-0.15, -0.1) is 0 Å². The Morgan fingerprint density at radius 3 is 2.42 bits per heavy atom. The molecule has 4 heteroatoms. The molecule has 24 heavy (non-hydrogen) atoms. The first-order valence-electron chi connectivity index (χ1n) is 8.18. The Morgan fingerprint density at radius 2 is 1.67 bits per heavy atom. The average Bonchev–Trinajstić information content (AvgIpc) is 3.03. The van der Waals surface area contributed by atoms with Gasteiger partial charge in [0.2, 0.25) is 0 Å². The van der Waals surface area contributed by atoms with Gasteiger partial charge in [0.25, 0.3) is 0 Å². The highest BCUT2D eigenvalue weighted by molar-refractivity contribution is 6.30. The van der Waals surface area contributed by atoms with Crippen molar-refractivity contribution < 1.29 is 9.90 Å². The number of halogens is 1. The van der Waals surface area contributed by atoms with E-state index in [1.807, 2.05) is 36.4 Å². The smallest absolute Gasteiger partial charge is 0.170 e. The zero-order chi connectivity index (χ0) is 16.8. The Balaban J connectivity index is 1.84. The fraction of sp³-hybridized carbons (Fsp3) is 0.250. The molecule has 3 N–H and O–H groups in total. The lowest BCUT2D eigenvalue weighted by molar-refractivity contribution is -0.117. The molecule has 3 nitrogen and oxygen atoms in total. The normalized spacial score (nSPS) is 23.0. The Bertz CT molecular complexity index is 854. The summed E-state index contributed by atoms with van der Waals surface area (Å²) in [4.78, 5) is 12.7. The molecule has 0 aromatic heterocycles. The lowest BCUT2D eigenvalue weighted by Gasteiger charge is -2.23. The van der Waals surface area contributed by atoms with Gasteiger partial charge >= 0.3 is 0 Å². The number of carbonyl (C=O) groups is 1. The molecule has 2 aromatic rings. The summed E-state index contributed by atoms with van der Waals surface area (Å²) in [5, 5.41) is 11.3. The van der Waals surface area contributed by atoms with Crippen LogP contribution in [-0.4, -0.2) is 10.9 Å². The number of hydrogen-bond acceptors (Lipinski definition) is 3. The number of anilines is 1. The standard InChI is InChI=1S/C20H18ClNO2/c21-15-6-3-11(4-7-15)12-5-8-17(22)16(10-12)18-19(23)13-1-2-14(9-13)20(18)24/h3-8,10,13-14,23H,1-2,9,22H2/t13-,14+/m0/s1. The zero-order valence-corrected chi connectivity index (χ0v) is 13.9. The van der Waals surface area contributed by atoms with Crippen LogP contribution in [0.15, 0.2) is 48.2 Å². The molecule has 0 aliphatic heterocycles. The van der Waals surface area contributed by atoms with Crippen LogP contribution in [0.4, 0.5) is 5.69 Å². The summed E-state index contributed by atoms with van der Waals surface area (Å²) < 4.78 is 0. The third-order valence-electron chi connectivity index (χ3n) is 5.19. The third-order valence-corrected chi connectivity index (χ3v) is 5.44. The van der Waals surface area contributed by atoms with Gasteiger partial charge in [0.1, 0.15) is 5.76 Å². The fourth-order valence-electron chi connectivity index (χ4n) is 3.87. The zero-order valence-electron chi connectivity index (χ0n) is 13.1. The first-order chi connectivity index (χ1) is 11.5. The molecule has 2 aromatic carbocycles. The van der Waals surface area contributed by atoms with E-state index in [-0.39, 0.29) is 23.4 Å². The van der Waals surface area contributed by atoms with Gasteiger partial charge in [-0.05, 0) is 54.7 Å². The van der Waals surface area contributed by atoms with Crippen molar-refractivity contribution in [3.8, 4) is 11.1 Å². The molecule has 122 valence electrons. The number of Topliss-reactive ketones (excluding diaryl/α,β-unsaturated/α-hetero) is 1. The molecule has 0 spiro atoms. The molecule has 0 saturated heterocycles. The monoisotopic (exact) mass is 339 g/mol. The van der Waals surface area contributed by atoms with Crippen molar-refractivity contribution in [2.75, 3.05) is 5.73 Å². The van der Waals surface area contributed by atoms with Crippen LogP contribution < -0.4 is 5.73 Å². The highest BCUT2D eigenvalue weighted by Gasteiger charge is 2.41. The highest BCUT2D eigenvalue weighted by Crippen LogP contribution is 2.46. The molecule has 0 radical (unpaired) electrons. The minimum absolute atomic E-state index is 0.0273. The van der Waals surface area contributed by atoms with Crippen molar-refractivity contribution in [3.63, 3.8) is 0 Å². The largest absolute Gasteiger partial charge is 0.511 e. The number of ketones is 1. The molecule has 1 fully saturated rings. The molecule has 0 unspecified atom stereocenters. The summed E-state index contributed by atoms with van der Waals surface area (Å²) in [5.74, 6) is 0.371. The van der Waals surface area contributed by atoms with Crippen LogP contribution in [0.2, 0.25) is 5.02 Å². The predicted molar refractivity (Wildman–Crippen MR) is 96.7 cm³/mol. The van der Waals surface area contributed by atoms with Gasteiger partial charge < -0.3 is 10.8 Å². The molecule has 2 atom stereocenters. The highest BCUT2D eigenvalue weighted by atomic mass is 35.5. The maximum atomic E-state index is 12.7. The number of aliphatic hydroxyl groups is 1. The summed E-state index contributed by atoms with van der Waals surface area (Å²) in [5.41, 5.74) is 9.65. The molecule has 0 amide bonds. The van der Waals surface area contributed by atoms with Crippen LogP contribution in [-0.2, 0) is 4.79 Å². The van der Waals surface area contributed by atoms with Crippen molar-refractivity contribution >= 4 is 28.6 Å². The maximum Gasteiger partial charge on any atom is 0.170 e. The van der Waals surface area contributed by atoms with Gasteiger partial charge in [0.05, 0.1) is 5.57 Å². The minimum Gasteiger partial charge on any atom is -0.511 e. The maximum absolute atomic E-state index is 12.7. The van der Waals surface area contributed by atoms with Crippen LogP contribution in [0.3, 0.4) is 0 Å². The Kier molecular flexibility index (Phi) is 3.61. The molecule has 2 aliphatic rings. The number of hydrogen-bond donors (Lipinski definition) is 2. The van der Waals surface area contributed by atoms with E-state index >= 15 is 0 Å². The fourth-order valence-corrected chi connectivity index (χ4v) is 3.99. The van der Waals surface area contributed by atoms with E-state index in [2.05, 4.69) is 0 Å². The summed E-state index contributed by atoms with van der Waals surface area (Å²) in [6.45, 7) is 0. The lowest BCUT2D eigenvalue weighted by atomic mass is 9.82. The topological polar surface area (TPSA) is 63.3 Å². The van der Waals surface area contributed by atoms with E-state index in [0.717, 1.165) is 30.4 Å².